The third-order valence-electron chi connectivity index (χ3n) is 9.85. The van der Waals surface area contributed by atoms with E-state index in [0.717, 1.165) is 83.5 Å². The molecule has 0 aromatic heterocycles. The van der Waals surface area contributed by atoms with Crippen LogP contribution in [0.2, 0.25) is 0 Å². The van der Waals surface area contributed by atoms with Crippen LogP contribution in [0.4, 0.5) is 0 Å². The monoisotopic (exact) mass is 757 g/mol. The maximum absolute atomic E-state index is 12.7. The lowest BCUT2D eigenvalue weighted by Crippen LogP contribution is -2.30. The van der Waals surface area contributed by atoms with Crippen molar-refractivity contribution in [1.29, 1.82) is 0 Å². The van der Waals surface area contributed by atoms with Gasteiger partial charge in [0.05, 0.1) is 6.61 Å². The van der Waals surface area contributed by atoms with Crippen LogP contribution in [0.25, 0.3) is 0 Å². The number of ether oxygens (including phenoxy) is 3. The number of allylic oxidation sites excluding steroid dienone is 8. The van der Waals surface area contributed by atoms with Crippen molar-refractivity contribution in [2.24, 2.45) is 0 Å². The predicted octanol–water partition coefficient (Wildman–Crippen LogP) is 15.2. The zero-order valence-corrected chi connectivity index (χ0v) is 36.0. The smallest absolute Gasteiger partial charge is 0.306 e. The quantitative estimate of drug-likeness (QED) is 0.0353. The van der Waals surface area contributed by atoms with Crippen LogP contribution in [0.15, 0.2) is 48.6 Å². The van der Waals surface area contributed by atoms with Crippen LogP contribution in [0.5, 0.6) is 0 Å². The highest BCUT2D eigenvalue weighted by atomic mass is 16.6. The minimum absolute atomic E-state index is 0.0751. The Labute approximate surface area is 335 Å². The first-order valence-electron chi connectivity index (χ1n) is 23.2. The fourth-order valence-electron chi connectivity index (χ4n) is 6.40. The van der Waals surface area contributed by atoms with Gasteiger partial charge in [-0.2, -0.15) is 0 Å². The molecule has 0 saturated carbocycles. The average molecular weight is 757 g/mol. The van der Waals surface area contributed by atoms with Crippen molar-refractivity contribution >= 4 is 11.9 Å². The molecule has 5 nitrogen and oxygen atoms in total. The number of unbranched alkanes of at least 4 members (excludes halogenated alkanes) is 23. The molecule has 314 valence electrons. The summed E-state index contributed by atoms with van der Waals surface area (Å²) < 4.78 is 17.3. The fourth-order valence-corrected chi connectivity index (χ4v) is 6.40. The molecule has 54 heavy (non-hydrogen) atoms. The highest BCUT2D eigenvalue weighted by Crippen LogP contribution is 2.13. The second-order valence-electron chi connectivity index (χ2n) is 15.3. The van der Waals surface area contributed by atoms with Crippen LogP contribution in [0.1, 0.15) is 226 Å². The molecule has 0 spiro atoms. The van der Waals surface area contributed by atoms with Gasteiger partial charge in [-0.1, -0.05) is 185 Å². The maximum atomic E-state index is 12.7. The van der Waals surface area contributed by atoms with Gasteiger partial charge in [0.25, 0.3) is 0 Å². The van der Waals surface area contributed by atoms with Crippen molar-refractivity contribution in [3.05, 3.63) is 48.6 Å². The first-order valence-corrected chi connectivity index (χ1v) is 23.2. The first-order chi connectivity index (χ1) is 26.6. The summed E-state index contributed by atoms with van der Waals surface area (Å²) in [4.78, 5) is 25.2. The van der Waals surface area contributed by atoms with Gasteiger partial charge in [-0.25, -0.2) is 0 Å². The van der Waals surface area contributed by atoms with Gasteiger partial charge in [-0.15, -0.1) is 0 Å². The van der Waals surface area contributed by atoms with Crippen molar-refractivity contribution in [3.63, 3.8) is 0 Å². The molecule has 0 radical (unpaired) electrons. The van der Waals surface area contributed by atoms with Crippen molar-refractivity contribution in [2.45, 2.75) is 232 Å². The van der Waals surface area contributed by atoms with Gasteiger partial charge in [0.1, 0.15) is 6.61 Å². The Kier molecular flexibility index (Phi) is 43.5. The van der Waals surface area contributed by atoms with E-state index < -0.39 is 6.10 Å². The van der Waals surface area contributed by atoms with E-state index in [-0.39, 0.29) is 25.2 Å². The highest BCUT2D eigenvalue weighted by molar-refractivity contribution is 5.70. The van der Waals surface area contributed by atoms with Crippen LogP contribution in [0, 0.1) is 0 Å². The van der Waals surface area contributed by atoms with Crippen molar-refractivity contribution < 1.29 is 23.8 Å². The molecule has 0 rings (SSSR count). The molecule has 0 aliphatic carbocycles. The van der Waals surface area contributed by atoms with E-state index in [4.69, 9.17) is 14.2 Å². The summed E-state index contributed by atoms with van der Waals surface area (Å²) in [5.74, 6) is -0.422. The molecule has 5 heteroatoms. The zero-order chi connectivity index (χ0) is 39.3. The third kappa shape index (κ3) is 42.6. The molecule has 0 N–H and O–H groups in total. The number of carbonyl (C=O) groups excluding carboxylic acids is 2. The standard InChI is InChI=1S/C49H88O5/c1-4-7-10-13-16-19-22-24-25-27-28-30-33-36-39-42-48(50)53-46-47(45-52-44-41-38-35-32-21-18-15-12-9-6-3)54-49(51)43-40-37-34-31-29-26-23-20-17-14-11-8-5-2/h7,10,16,19-20,23-25,47H,4-6,8-9,11-15,17-18,21-22,26-46H2,1-3H3/b10-7-,19-16-,23-20-,25-24-. The van der Waals surface area contributed by atoms with Gasteiger partial charge in [0, 0.05) is 19.4 Å². The molecule has 0 aliphatic heterocycles. The Balaban J connectivity index is 4.27. The molecule has 0 bridgehead atoms. The Morgan fingerprint density at radius 3 is 1.37 bits per heavy atom. The van der Waals surface area contributed by atoms with Gasteiger partial charge in [0.15, 0.2) is 6.10 Å². The second kappa shape index (κ2) is 45.3. The van der Waals surface area contributed by atoms with Gasteiger partial charge in [0.2, 0.25) is 0 Å². The van der Waals surface area contributed by atoms with Gasteiger partial charge in [-0.05, 0) is 77.0 Å². The lowest BCUT2D eigenvalue weighted by atomic mass is 10.1. The van der Waals surface area contributed by atoms with Crippen LogP contribution in [-0.4, -0.2) is 37.9 Å². The summed E-state index contributed by atoms with van der Waals surface area (Å²) in [5.41, 5.74) is 0. The SMILES string of the molecule is CC/C=C\C/C=C\C/C=C\CCCCCCCC(=O)OCC(COCCCCCCCCCCCC)OC(=O)CCCCCCC/C=C\CCCCCC. The zero-order valence-electron chi connectivity index (χ0n) is 36.0. The predicted molar refractivity (Wildman–Crippen MR) is 233 cm³/mol. The largest absolute Gasteiger partial charge is 0.462 e. The van der Waals surface area contributed by atoms with Crippen LogP contribution in [-0.2, 0) is 23.8 Å². The van der Waals surface area contributed by atoms with E-state index in [1.54, 1.807) is 0 Å². The molecule has 0 fully saturated rings. The van der Waals surface area contributed by atoms with Crippen molar-refractivity contribution in [3.8, 4) is 0 Å². The molecule has 0 aromatic carbocycles. The van der Waals surface area contributed by atoms with E-state index in [1.165, 1.54) is 109 Å². The highest BCUT2D eigenvalue weighted by Gasteiger charge is 2.17. The van der Waals surface area contributed by atoms with Gasteiger partial charge >= 0.3 is 11.9 Å². The van der Waals surface area contributed by atoms with E-state index in [2.05, 4.69) is 69.4 Å². The van der Waals surface area contributed by atoms with Crippen molar-refractivity contribution in [2.75, 3.05) is 19.8 Å². The number of carbonyl (C=O) groups is 2. The number of esters is 2. The minimum atomic E-state index is -0.542. The van der Waals surface area contributed by atoms with Gasteiger partial charge in [-0.3, -0.25) is 9.59 Å². The summed E-state index contributed by atoms with van der Waals surface area (Å²) in [6, 6.07) is 0. The summed E-state index contributed by atoms with van der Waals surface area (Å²) in [6.07, 6.45) is 53.9. The third-order valence-corrected chi connectivity index (χ3v) is 9.85. The van der Waals surface area contributed by atoms with Crippen molar-refractivity contribution in [1.82, 2.24) is 0 Å². The molecule has 1 unspecified atom stereocenters. The Morgan fingerprint density at radius 2 is 0.833 bits per heavy atom. The Morgan fingerprint density at radius 1 is 0.426 bits per heavy atom. The molecule has 1 atom stereocenters. The molecule has 0 aromatic rings. The van der Waals surface area contributed by atoms with Crippen LogP contribution < -0.4 is 0 Å². The molecule has 0 aliphatic rings. The number of hydrogen-bond donors (Lipinski definition) is 0. The number of hydrogen-bond acceptors (Lipinski definition) is 5. The maximum Gasteiger partial charge on any atom is 0.306 e. The lowest BCUT2D eigenvalue weighted by Gasteiger charge is -2.18. The fraction of sp³-hybridized carbons (Fsp3) is 0.796. The molecule has 0 amide bonds. The van der Waals surface area contributed by atoms with E-state index in [9.17, 15) is 9.59 Å². The number of rotatable bonds is 42. The average Bonchev–Trinajstić information content (AvgIpc) is 3.17. The van der Waals surface area contributed by atoms with Crippen LogP contribution in [0.3, 0.4) is 0 Å². The van der Waals surface area contributed by atoms with E-state index in [1.807, 2.05) is 0 Å². The summed E-state index contributed by atoms with van der Waals surface area (Å²) in [6.45, 7) is 7.68. The second-order valence-corrected chi connectivity index (χ2v) is 15.3. The summed E-state index contributed by atoms with van der Waals surface area (Å²) >= 11 is 0. The Hall–Kier alpha value is -2.14. The molecule has 0 saturated heterocycles. The minimum Gasteiger partial charge on any atom is -0.462 e. The summed E-state index contributed by atoms with van der Waals surface area (Å²) in [5, 5.41) is 0. The topological polar surface area (TPSA) is 61.8 Å². The molecular weight excluding hydrogens is 669 g/mol. The van der Waals surface area contributed by atoms with Crippen LogP contribution >= 0.6 is 0 Å². The lowest BCUT2D eigenvalue weighted by molar-refractivity contribution is -0.163. The normalized spacial score (nSPS) is 12.6. The molecular formula is C49H88O5. The van der Waals surface area contributed by atoms with Gasteiger partial charge < -0.3 is 14.2 Å². The first kappa shape index (κ1) is 51.9. The van der Waals surface area contributed by atoms with E-state index >= 15 is 0 Å². The molecule has 0 heterocycles. The Bertz CT molecular complexity index is 904. The van der Waals surface area contributed by atoms with E-state index in [0.29, 0.717) is 19.4 Å². The summed E-state index contributed by atoms with van der Waals surface area (Å²) in [7, 11) is 0.